The molecule has 4 nitrogen and oxygen atoms in total. The van der Waals surface area contributed by atoms with Crippen molar-refractivity contribution in [3.05, 3.63) is 87.4 Å². The summed E-state index contributed by atoms with van der Waals surface area (Å²) in [7, 11) is 0. The molecule has 1 heterocycles. The van der Waals surface area contributed by atoms with Gasteiger partial charge in [-0.25, -0.2) is 0 Å². The van der Waals surface area contributed by atoms with Gasteiger partial charge < -0.3 is 15.3 Å². The zero-order chi connectivity index (χ0) is 19.4. The smallest absolute Gasteiger partial charge is 0.277 e. The van der Waals surface area contributed by atoms with E-state index in [0.29, 0.717) is 29.1 Å². The van der Waals surface area contributed by atoms with Crippen molar-refractivity contribution in [1.29, 1.82) is 0 Å². The van der Waals surface area contributed by atoms with Crippen molar-refractivity contribution in [2.24, 2.45) is 0 Å². The van der Waals surface area contributed by atoms with Crippen LogP contribution in [0.5, 0.6) is 0 Å². The Labute approximate surface area is 164 Å². The second-order valence-corrected chi connectivity index (χ2v) is 7.66. The quantitative estimate of drug-likeness (QED) is 0.549. The van der Waals surface area contributed by atoms with Crippen molar-refractivity contribution >= 4 is 11.3 Å². The van der Waals surface area contributed by atoms with Gasteiger partial charge in [-0.3, -0.25) is 0 Å². The van der Waals surface area contributed by atoms with E-state index in [1.807, 2.05) is 79.1 Å². The summed E-state index contributed by atoms with van der Waals surface area (Å²) >= 11 is 1.45. The van der Waals surface area contributed by atoms with E-state index in [1.165, 1.54) is 11.3 Å². The molecule has 142 valence electrons. The van der Waals surface area contributed by atoms with Crippen LogP contribution in [0.4, 0.5) is 0 Å². The fraction of sp³-hybridized carbons (Fsp3) is 0.318. The molecule has 2 unspecified atom stereocenters. The third-order valence-corrected chi connectivity index (χ3v) is 6.45. The van der Waals surface area contributed by atoms with Gasteiger partial charge in [0, 0.05) is 20.0 Å². The summed E-state index contributed by atoms with van der Waals surface area (Å²) in [5.41, 5.74) is 0.713. The third kappa shape index (κ3) is 3.56. The van der Waals surface area contributed by atoms with Gasteiger partial charge in [0.2, 0.25) is 5.60 Å². The molecule has 0 bridgehead atoms. The molecular weight excluding hydrogens is 358 g/mol. The van der Waals surface area contributed by atoms with E-state index in [1.54, 1.807) is 0 Å². The van der Waals surface area contributed by atoms with Gasteiger partial charge in [0.15, 0.2) is 5.69 Å². The average molecular weight is 385 g/mol. The summed E-state index contributed by atoms with van der Waals surface area (Å²) in [4.78, 5) is 1.02. The molecule has 0 aliphatic heterocycles. The lowest BCUT2D eigenvalue weighted by Crippen LogP contribution is -2.48. The van der Waals surface area contributed by atoms with E-state index in [0.717, 1.165) is 10.6 Å². The first-order valence-electron chi connectivity index (χ1n) is 9.18. The zero-order valence-corrected chi connectivity index (χ0v) is 16.5. The summed E-state index contributed by atoms with van der Waals surface area (Å²) in [5.74, 6) is 0. The molecule has 3 aromatic rings. The summed E-state index contributed by atoms with van der Waals surface area (Å²) in [6.45, 7) is 4.73. The van der Waals surface area contributed by atoms with Gasteiger partial charge in [0.25, 0.3) is 5.01 Å². The van der Waals surface area contributed by atoms with Gasteiger partial charge in [0.1, 0.15) is 12.6 Å². The molecule has 0 aliphatic rings. The van der Waals surface area contributed by atoms with Crippen LogP contribution in [0.2, 0.25) is 0 Å². The summed E-state index contributed by atoms with van der Waals surface area (Å²) in [6.07, 6.45) is -0.595. The van der Waals surface area contributed by atoms with Crippen LogP contribution in [-0.2, 0) is 18.6 Å². The second-order valence-electron chi connectivity index (χ2n) is 6.58. The molecule has 0 saturated carbocycles. The fourth-order valence-electron chi connectivity index (χ4n) is 3.51. The first-order chi connectivity index (χ1) is 13.0. The number of rotatable bonds is 7. The minimum Gasteiger partial charge on any atom is -0.396 e. The van der Waals surface area contributed by atoms with Gasteiger partial charge >= 0.3 is 0 Å². The van der Waals surface area contributed by atoms with Gasteiger partial charge in [-0.2, -0.15) is 4.57 Å². The lowest BCUT2D eigenvalue weighted by atomic mass is 9.84. The normalized spacial score (nSPS) is 14.7. The number of benzene rings is 2. The topological polar surface area (TPSA) is 64.6 Å². The third-order valence-electron chi connectivity index (χ3n) is 4.98. The van der Waals surface area contributed by atoms with Crippen molar-refractivity contribution in [3.63, 3.8) is 0 Å². The molecule has 1 aromatic heterocycles. The molecular formula is C22H26NO3S+. The van der Waals surface area contributed by atoms with Crippen LogP contribution >= 0.6 is 11.3 Å². The molecule has 2 atom stereocenters. The zero-order valence-electron chi connectivity index (χ0n) is 15.7. The van der Waals surface area contributed by atoms with E-state index < -0.39 is 11.7 Å². The molecule has 3 N–H and O–H groups in total. The Bertz CT molecular complexity index is 879. The Balaban J connectivity index is 2.24. The first-order valence-corrected chi connectivity index (χ1v) is 10.00. The molecule has 2 aromatic carbocycles. The number of aliphatic hydroxyl groups excluding tert-OH is 2. The molecule has 27 heavy (non-hydrogen) atoms. The summed E-state index contributed by atoms with van der Waals surface area (Å²) in [6, 6.07) is 18.5. The van der Waals surface area contributed by atoms with E-state index in [2.05, 4.69) is 0 Å². The molecule has 0 aliphatic carbocycles. The molecule has 0 saturated heterocycles. The van der Waals surface area contributed by atoms with E-state index >= 15 is 0 Å². The second kappa shape index (κ2) is 8.31. The molecule has 3 rings (SSSR count). The van der Waals surface area contributed by atoms with Crippen LogP contribution in [0.3, 0.4) is 0 Å². The van der Waals surface area contributed by atoms with Crippen LogP contribution < -0.4 is 4.57 Å². The minimum absolute atomic E-state index is 0.0511. The first kappa shape index (κ1) is 19.7. The average Bonchev–Trinajstić information content (AvgIpc) is 3.04. The predicted octanol–water partition coefficient (Wildman–Crippen LogP) is 2.87. The van der Waals surface area contributed by atoms with E-state index in [-0.39, 0.29) is 6.61 Å². The standard InChI is InChI=1S/C22H26NO3S/c1-3-23-16(2)19(14-15-24)27-21(23)22(26,18-12-8-5-9-13-18)20(25)17-10-6-4-7-11-17/h4-13,20,24-26H,3,14-15H2,1-2H3/q+1. The maximum Gasteiger partial charge on any atom is 0.277 e. The number of hydrogen-bond donors (Lipinski definition) is 3. The monoisotopic (exact) mass is 384 g/mol. The largest absolute Gasteiger partial charge is 0.396 e. The number of aliphatic hydroxyl groups is 3. The Morgan fingerprint density at radius 2 is 1.63 bits per heavy atom. The van der Waals surface area contributed by atoms with Crippen LogP contribution in [0.15, 0.2) is 60.7 Å². The number of thiazole rings is 1. The molecule has 0 amide bonds. The van der Waals surface area contributed by atoms with Crippen molar-refractivity contribution in [3.8, 4) is 0 Å². The molecule has 0 fully saturated rings. The summed E-state index contributed by atoms with van der Waals surface area (Å²) < 4.78 is 2.04. The number of hydrogen-bond acceptors (Lipinski definition) is 4. The number of nitrogens with zero attached hydrogens (tertiary/aromatic N) is 1. The lowest BCUT2D eigenvalue weighted by Gasteiger charge is -2.30. The highest BCUT2D eigenvalue weighted by Gasteiger charge is 2.49. The molecule has 0 radical (unpaired) electrons. The predicted molar refractivity (Wildman–Crippen MR) is 107 cm³/mol. The van der Waals surface area contributed by atoms with Crippen LogP contribution in [0, 0.1) is 6.92 Å². The highest BCUT2D eigenvalue weighted by Crippen LogP contribution is 2.42. The fourth-order valence-corrected chi connectivity index (χ4v) is 4.96. The Morgan fingerprint density at radius 1 is 1.04 bits per heavy atom. The van der Waals surface area contributed by atoms with E-state index in [9.17, 15) is 15.3 Å². The van der Waals surface area contributed by atoms with Gasteiger partial charge in [-0.1, -0.05) is 72.0 Å². The van der Waals surface area contributed by atoms with Crippen molar-refractivity contribution < 1.29 is 19.9 Å². The van der Waals surface area contributed by atoms with E-state index in [4.69, 9.17) is 0 Å². The maximum absolute atomic E-state index is 12.0. The van der Waals surface area contributed by atoms with Crippen molar-refractivity contribution in [2.75, 3.05) is 6.61 Å². The minimum atomic E-state index is -1.60. The van der Waals surface area contributed by atoms with Gasteiger partial charge in [0.05, 0.1) is 4.88 Å². The highest BCUT2D eigenvalue weighted by atomic mass is 32.1. The van der Waals surface area contributed by atoms with Gasteiger partial charge in [-0.15, -0.1) is 0 Å². The maximum atomic E-state index is 12.0. The highest BCUT2D eigenvalue weighted by molar-refractivity contribution is 7.11. The lowest BCUT2D eigenvalue weighted by molar-refractivity contribution is -0.708. The van der Waals surface area contributed by atoms with Crippen molar-refractivity contribution in [1.82, 2.24) is 0 Å². The Hall–Kier alpha value is -2.05. The van der Waals surface area contributed by atoms with Crippen LogP contribution in [0.1, 0.15) is 39.7 Å². The number of aromatic nitrogens is 1. The van der Waals surface area contributed by atoms with Gasteiger partial charge in [-0.05, 0) is 18.1 Å². The van der Waals surface area contributed by atoms with Crippen LogP contribution in [-0.4, -0.2) is 21.9 Å². The molecule has 5 heteroatoms. The Morgan fingerprint density at radius 3 is 2.19 bits per heavy atom. The molecule has 0 spiro atoms. The van der Waals surface area contributed by atoms with Crippen LogP contribution in [0.25, 0.3) is 0 Å². The summed E-state index contributed by atoms with van der Waals surface area (Å²) in [5, 5.41) is 33.3. The SMILES string of the molecule is CC[n+]1c(C(O)(c2ccccc2)C(O)c2ccccc2)sc(CCO)c1C. The Kier molecular flexibility index (Phi) is 6.07. The van der Waals surface area contributed by atoms with Crippen molar-refractivity contribution in [2.45, 2.75) is 38.5 Å².